The molecule has 0 aromatic carbocycles. The van der Waals surface area contributed by atoms with Gasteiger partial charge in [0, 0.05) is 19.3 Å². The highest BCUT2D eigenvalue weighted by molar-refractivity contribution is 5.52. The van der Waals surface area contributed by atoms with Crippen molar-refractivity contribution < 1.29 is 4.74 Å². The predicted octanol–water partition coefficient (Wildman–Crippen LogP) is 2.43. The molecular weight excluding hydrogens is 238 g/mol. The zero-order valence-electron chi connectivity index (χ0n) is 12.0. The molecule has 4 heteroatoms. The van der Waals surface area contributed by atoms with Gasteiger partial charge in [-0.25, -0.2) is 4.98 Å². The lowest BCUT2D eigenvalue weighted by Gasteiger charge is -2.38. The van der Waals surface area contributed by atoms with Gasteiger partial charge in [-0.2, -0.15) is 0 Å². The SMILES string of the molecule is CCOc1cccnc1N(C)C1CCCCC1CN. The number of nitrogens with two attached hydrogens (primary N) is 1. The molecule has 0 saturated heterocycles. The van der Waals surface area contributed by atoms with Crippen molar-refractivity contribution in [2.75, 3.05) is 25.1 Å². The number of aromatic nitrogens is 1. The highest BCUT2D eigenvalue weighted by Crippen LogP contribution is 2.33. The quantitative estimate of drug-likeness (QED) is 0.886. The van der Waals surface area contributed by atoms with Crippen LogP contribution in [0.2, 0.25) is 0 Å². The molecule has 1 aliphatic carbocycles. The molecule has 0 amide bonds. The Bertz CT molecular complexity index is 397. The molecule has 1 saturated carbocycles. The second kappa shape index (κ2) is 6.75. The Labute approximate surface area is 116 Å². The van der Waals surface area contributed by atoms with Crippen LogP contribution in [0.1, 0.15) is 32.6 Å². The van der Waals surface area contributed by atoms with Crippen molar-refractivity contribution in [3.8, 4) is 5.75 Å². The molecule has 106 valence electrons. The van der Waals surface area contributed by atoms with Gasteiger partial charge >= 0.3 is 0 Å². The van der Waals surface area contributed by atoms with Crippen LogP contribution in [0.25, 0.3) is 0 Å². The van der Waals surface area contributed by atoms with Crippen LogP contribution in [-0.4, -0.2) is 31.2 Å². The minimum Gasteiger partial charge on any atom is -0.490 e. The van der Waals surface area contributed by atoms with Gasteiger partial charge in [-0.1, -0.05) is 12.8 Å². The van der Waals surface area contributed by atoms with E-state index in [1.54, 1.807) is 0 Å². The largest absolute Gasteiger partial charge is 0.490 e. The summed E-state index contributed by atoms with van der Waals surface area (Å²) < 4.78 is 5.68. The van der Waals surface area contributed by atoms with Crippen LogP contribution in [0.4, 0.5) is 5.82 Å². The van der Waals surface area contributed by atoms with E-state index in [1.807, 2.05) is 25.3 Å². The zero-order chi connectivity index (χ0) is 13.7. The van der Waals surface area contributed by atoms with E-state index < -0.39 is 0 Å². The van der Waals surface area contributed by atoms with Crippen molar-refractivity contribution in [3.63, 3.8) is 0 Å². The number of nitrogens with zero attached hydrogens (tertiary/aromatic N) is 2. The summed E-state index contributed by atoms with van der Waals surface area (Å²) in [6.45, 7) is 3.42. The van der Waals surface area contributed by atoms with Crippen molar-refractivity contribution in [3.05, 3.63) is 18.3 Å². The Morgan fingerprint density at radius 2 is 2.21 bits per heavy atom. The average Bonchev–Trinajstić information content (AvgIpc) is 2.47. The Morgan fingerprint density at radius 3 is 2.95 bits per heavy atom. The molecule has 2 atom stereocenters. The van der Waals surface area contributed by atoms with E-state index in [0.717, 1.165) is 18.1 Å². The summed E-state index contributed by atoms with van der Waals surface area (Å²) in [5.74, 6) is 2.37. The molecule has 1 heterocycles. The van der Waals surface area contributed by atoms with Crippen molar-refractivity contribution in [2.45, 2.75) is 38.6 Å². The van der Waals surface area contributed by atoms with E-state index in [9.17, 15) is 0 Å². The molecule has 2 rings (SSSR count). The number of hydrogen-bond donors (Lipinski definition) is 1. The minimum atomic E-state index is 0.479. The molecule has 2 unspecified atom stereocenters. The van der Waals surface area contributed by atoms with E-state index in [0.29, 0.717) is 18.6 Å². The highest BCUT2D eigenvalue weighted by atomic mass is 16.5. The molecule has 0 aliphatic heterocycles. The standard InChI is InChI=1S/C15H25N3O/c1-3-19-14-9-6-10-17-15(14)18(2)13-8-5-4-7-12(13)11-16/h6,9-10,12-13H,3-5,7-8,11,16H2,1-2H3. The van der Waals surface area contributed by atoms with Crippen molar-refractivity contribution in [1.29, 1.82) is 0 Å². The zero-order valence-corrected chi connectivity index (χ0v) is 12.0. The van der Waals surface area contributed by atoms with Gasteiger partial charge in [-0.15, -0.1) is 0 Å². The Hall–Kier alpha value is -1.29. The lowest BCUT2D eigenvalue weighted by Crippen LogP contribution is -2.43. The molecule has 1 aliphatic rings. The molecule has 19 heavy (non-hydrogen) atoms. The molecule has 2 N–H and O–H groups in total. The van der Waals surface area contributed by atoms with Crippen LogP contribution in [0.5, 0.6) is 5.75 Å². The fraction of sp³-hybridized carbons (Fsp3) is 0.667. The first-order chi connectivity index (χ1) is 9.27. The van der Waals surface area contributed by atoms with Crippen LogP contribution >= 0.6 is 0 Å². The van der Waals surface area contributed by atoms with E-state index in [2.05, 4.69) is 16.9 Å². The summed E-state index contributed by atoms with van der Waals surface area (Å²) in [7, 11) is 2.11. The third-order valence-electron chi connectivity index (χ3n) is 4.05. The number of rotatable bonds is 5. The Kier molecular flexibility index (Phi) is 5.02. The van der Waals surface area contributed by atoms with Crippen LogP contribution in [0.15, 0.2) is 18.3 Å². The van der Waals surface area contributed by atoms with Gasteiger partial charge in [-0.05, 0) is 44.4 Å². The van der Waals surface area contributed by atoms with Gasteiger partial charge in [0.1, 0.15) is 0 Å². The van der Waals surface area contributed by atoms with Crippen LogP contribution in [-0.2, 0) is 0 Å². The first-order valence-corrected chi connectivity index (χ1v) is 7.28. The third-order valence-corrected chi connectivity index (χ3v) is 4.05. The van der Waals surface area contributed by atoms with Gasteiger partial charge in [-0.3, -0.25) is 0 Å². The minimum absolute atomic E-state index is 0.479. The molecule has 1 aromatic heterocycles. The summed E-state index contributed by atoms with van der Waals surface area (Å²) in [6.07, 6.45) is 6.83. The maximum Gasteiger partial charge on any atom is 0.171 e. The predicted molar refractivity (Wildman–Crippen MR) is 78.6 cm³/mol. The van der Waals surface area contributed by atoms with E-state index in [1.165, 1.54) is 25.7 Å². The monoisotopic (exact) mass is 263 g/mol. The topological polar surface area (TPSA) is 51.4 Å². The highest BCUT2D eigenvalue weighted by Gasteiger charge is 2.29. The van der Waals surface area contributed by atoms with Gasteiger partial charge in [0.15, 0.2) is 11.6 Å². The molecule has 1 fully saturated rings. The summed E-state index contributed by atoms with van der Waals surface area (Å²) >= 11 is 0. The third kappa shape index (κ3) is 3.18. The smallest absolute Gasteiger partial charge is 0.171 e. The van der Waals surface area contributed by atoms with E-state index in [4.69, 9.17) is 10.5 Å². The van der Waals surface area contributed by atoms with Crippen LogP contribution in [0.3, 0.4) is 0 Å². The summed E-state index contributed by atoms with van der Waals surface area (Å²) in [4.78, 5) is 6.77. The fourth-order valence-corrected chi connectivity index (χ4v) is 3.05. The maximum atomic E-state index is 5.93. The van der Waals surface area contributed by atoms with E-state index in [-0.39, 0.29) is 0 Å². The van der Waals surface area contributed by atoms with Gasteiger partial charge < -0.3 is 15.4 Å². The summed E-state index contributed by atoms with van der Waals surface area (Å²) in [6, 6.07) is 4.39. The van der Waals surface area contributed by atoms with Crippen molar-refractivity contribution in [2.24, 2.45) is 11.7 Å². The van der Waals surface area contributed by atoms with Crippen LogP contribution in [0, 0.1) is 5.92 Å². The molecule has 0 spiro atoms. The van der Waals surface area contributed by atoms with Gasteiger partial charge in [0.25, 0.3) is 0 Å². The Morgan fingerprint density at radius 1 is 1.42 bits per heavy atom. The van der Waals surface area contributed by atoms with Gasteiger partial charge in [0.05, 0.1) is 6.61 Å². The second-order valence-corrected chi connectivity index (χ2v) is 5.22. The fourth-order valence-electron chi connectivity index (χ4n) is 3.05. The van der Waals surface area contributed by atoms with E-state index >= 15 is 0 Å². The second-order valence-electron chi connectivity index (χ2n) is 5.22. The first-order valence-electron chi connectivity index (χ1n) is 7.28. The number of hydrogen-bond acceptors (Lipinski definition) is 4. The molecule has 0 bridgehead atoms. The number of pyridine rings is 1. The lowest BCUT2D eigenvalue weighted by molar-refractivity contribution is 0.299. The average molecular weight is 263 g/mol. The van der Waals surface area contributed by atoms with Crippen molar-refractivity contribution in [1.82, 2.24) is 4.98 Å². The number of anilines is 1. The summed E-state index contributed by atoms with van der Waals surface area (Å²) in [5.41, 5.74) is 5.93. The van der Waals surface area contributed by atoms with Crippen LogP contribution < -0.4 is 15.4 Å². The number of ether oxygens (including phenoxy) is 1. The van der Waals surface area contributed by atoms with Gasteiger partial charge in [0.2, 0.25) is 0 Å². The molecule has 4 nitrogen and oxygen atoms in total. The molecule has 0 radical (unpaired) electrons. The maximum absolute atomic E-state index is 5.93. The molecule has 1 aromatic rings. The Balaban J connectivity index is 2.19. The lowest BCUT2D eigenvalue weighted by atomic mass is 9.83. The first kappa shape index (κ1) is 14.1. The summed E-state index contributed by atoms with van der Waals surface area (Å²) in [5, 5.41) is 0. The van der Waals surface area contributed by atoms with Crippen molar-refractivity contribution >= 4 is 5.82 Å². The molecular formula is C15H25N3O. The normalized spacial score (nSPS) is 23.1.